The van der Waals surface area contributed by atoms with E-state index in [1.165, 1.54) is 0 Å². The lowest BCUT2D eigenvalue weighted by Gasteiger charge is -2.51. The van der Waals surface area contributed by atoms with Crippen molar-refractivity contribution >= 4 is 23.9 Å². The molecule has 4 aliphatic heterocycles. The Bertz CT molecular complexity index is 2610. The van der Waals surface area contributed by atoms with Crippen LogP contribution in [0, 0.1) is 0 Å². The Kier molecular flexibility index (Phi) is 24.6. The molecule has 0 aliphatic carbocycles. The van der Waals surface area contributed by atoms with Crippen LogP contribution in [0.1, 0.15) is 141 Å². The maximum Gasteiger partial charge on any atom is 0.338 e. The summed E-state index contributed by atoms with van der Waals surface area (Å²) in [4.78, 5) is 56.7. The molecule has 0 bridgehead atoms. The largest absolute Gasteiger partial charge is 0.459 e. The average Bonchev–Trinajstić information content (AvgIpc) is 1.79. The van der Waals surface area contributed by atoms with E-state index < -0.39 is 128 Å². The van der Waals surface area contributed by atoms with Gasteiger partial charge < -0.3 is 71.1 Å². The molecule has 4 heterocycles. The van der Waals surface area contributed by atoms with E-state index in [9.17, 15) is 19.2 Å². The first-order valence-corrected chi connectivity index (χ1v) is 29.9. The summed E-state index contributed by atoms with van der Waals surface area (Å²) in [5.74, 6) is -4.10. The van der Waals surface area contributed by atoms with Gasteiger partial charge in [-0.1, -0.05) is 126 Å². The molecular weight excluding hydrogens is 1080 g/mol. The number of fused-ring (bicyclic) bond motifs is 1. The van der Waals surface area contributed by atoms with E-state index in [1.54, 1.807) is 135 Å². The normalized spacial score (nSPS) is 29.1. The summed E-state index contributed by atoms with van der Waals surface area (Å²) in [6.07, 6.45) is -11.5. The Morgan fingerprint density at radius 1 is 0.405 bits per heavy atom. The summed E-state index contributed by atoms with van der Waals surface area (Å²) in [7, 11) is 0. The summed E-state index contributed by atoms with van der Waals surface area (Å²) in [5.41, 5.74) is 0.976. The Labute approximate surface area is 493 Å². The molecule has 0 amide bonds. The predicted molar refractivity (Wildman–Crippen MR) is 305 cm³/mol. The van der Waals surface area contributed by atoms with Crippen LogP contribution in [0.2, 0.25) is 0 Å². The lowest BCUT2D eigenvalue weighted by molar-refractivity contribution is -0.385. The van der Waals surface area contributed by atoms with Gasteiger partial charge in [-0.05, 0) is 95.0 Å². The molecule has 19 nitrogen and oxygen atoms in total. The number of ether oxygens (including phenoxy) is 15. The molecule has 0 radical (unpaired) electrons. The summed E-state index contributed by atoms with van der Waals surface area (Å²) < 4.78 is 100. The van der Waals surface area contributed by atoms with Crippen LogP contribution in [-0.4, -0.2) is 161 Å². The van der Waals surface area contributed by atoms with Gasteiger partial charge in [0.25, 0.3) is 0 Å². The minimum atomic E-state index is -1.64. The number of carbonyl (C=O) groups is 4. The van der Waals surface area contributed by atoms with Gasteiger partial charge in [0.05, 0.1) is 28.4 Å². The summed E-state index contributed by atoms with van der Waals surface area (Å²) in [5, 5.41) is 0. The Morgan fingerprint density at radius 2 is 0.798 bits per heavy atom. The van der Waals surface area contributed by atoms with E-state index in [4.69, 9.17) is 71.1 Å². The third kappa shape index (κ3) is 17.3. The second-order valence-electron chi connectivity index (χ2n) is 21.8. The van der Waals surface area contributed by atoms with E-state index in [2.05, 4.69) is 20.8 Å². The zero-order valence-corrected chi connectivity index (χ0v) is 49.4. The molecular formula is C65H84O19. The van der Waals surface area contributed by atoms with Gasteiger partial charge in [-0.3, -0.25) is 0 Å². The highest BCUT2D eigenvalue weighted by Crippen LogP contribution is 2.42. The van der Waals surface area contributed by atoms with E-state index in [1.807, 2.05) is 13.8 Å². The van der Waals surface area contributed by atoms with Gasteiger partial charge in [0, 0.05) is 26.4 Å². The fourth-order valence-corrected chi connectivity index (χ4v) is 10.4. The third-order valence-corrected chi connectivity index (χ3v) is 14.8. The van der Waals surface area contributed by atoms with Crippen LogP contribution in [0.25, 0.3) is 0 Å². The van der Waals surface area contributed by atoms with Crippen LogP contribution in [0.15, 0.2) is 121 Å². The van der Waals surface area contributed by atoms with Crippen molar-refractivity contribution < 1.29 is 90.2 Å². The number of rotatable bonds is 30. The number of benzene rings is 4. The molecule has 4 saturated heterocycles. The minimum absolute atomic E-state index is 0.155. The van der Waals surface area contributed by atoms with E-state index in [0.717, 1.165) is 38.5 Å². The van der Waals surface area contributed by atoms with Gasteiger partial charge in [0.15, 0.2) is 36.9 Å². The predicted octanol–water partition coefficient (Wildman–Crippen LogP) is 10.0. The summed E-state index contributed by atoms with van der Waals surface area (Å²) in [6.45, 7) is 13.9. The summed E-state index contributed by atoms with van der Waals surface area (Å²) in [6, 6.07) is 33.7. The molecule has 4 aromatic carbocycles. The molecule has 4 fully saturated rings. The zero-order valence-electron chi connectivity index (χ0n) is 49.4. The SMILES string of the molecule is CCCCOC1[C@H](OCCCC)C(C)O[C@@H](OC2[C@H](O[C@@H]3O[C@@H](COC(=O)c4ccccc4)[C@@H]4OC(C)(C)OC4C3OC(=O)c3ccccc3)C(COC(=O)c3ccccc3)O[C@@H](OCCCC)[C@H]2OC(=O)c2ccccc2)[C@H]1OCCCC. The third-order valence-electron chi connectivity index (χ3n) is 14.8. The van der Waals surface area contributed by atoms with Crippen molar-refractivity contribution in [3.05, 3.63) is 144 Å². The van der Waals surface area contributed by atoms with E-state index >= 15 is 0 Å². The maximum absolute atomic E-state index is 14.7. The monoisotopic (exact) mass is 1170 g/mol. The molecule has 0 spiro atoms. The van der Waals surface area contributed by atoms with E-state index in [0.29, 0.717) is 38.2 Å². The van der Waals surface area contributed by atoms with Crippen molar-refractivity contribution in [1.82, 2.24) is 0 Å². The van der Waals surface area contributed by atoms with Crippen molar-refractivity contribution in [1.29, 1.82) is 0 Å². The number of carbonyl (C=O) groups excluding carboxylic acids is 4. The second-order valence-corrected chi connectivity index (χ2v) is 21.8. The first-order valence-electron chi connectivity index (χ1n) is 29.9. The molecule has 4 aromatic rings. The number of hydrogen-bond donors (Lipinski definition) is 0. The molecule has 8 rings (SSSR count). The van der Waals surface area contributed by atoms with Crippen molar-refractivity contribution in [2.45, 2.75) is 198 Å². The lowest BCUT2D eigenvalue weighted by atomic mass is 9.95. The first kappa shape index (κ1) is 64.3. The van der Waals surface area contributed by atoms with Crippen LogP contribution < -0.4 is 0 Å². The van der Waals surface area contributed by atoms with Gasteiger partial charge in [-0.15, -0.1) is 0 Å². The highest BCUT2D eigenvalue weighted by atomic mass is 16.8. The van der Waals surface area contributed by atoms with Crippen LogP contribution in [0.4, 0.5) is 0 Å². The Morgan fingerprint density at radius 3 is 1.30 bits per heavy atom. The molecule has 15 atom stereocenters. The minimum Gasteiger partial charge on any atom is -0.459 e. The van der Waals surface area contributed by atoms with Gasteiger partial charge in [-0.2, -0.15) is 0 Å². The highest BCUT2D eigenvalue weighted by molar-refractivity contribution is 5.91. The van der Waals surface area contributed by atoms with Crippen molar-refractivity contribution in [3.8, 4) is 0 Å². The Balaban J connectivity index is 1.27. The molecule has 0 saturated carbocycles. The topological polar surface area (TPSA) is 207 Å². The standard InChI is InChI=1S/C65H84O19/c1-8-12-36-70-49-42(5)76-63(55(72-38-14-10-3)52(49)71-37-13-9-2)82-53-50(47(40-74-58(66)43-28-20-16-21-29-43)77-62(73-39-15-11-4)56(53)79-60(68)45-32-24-18-25-33-45)81-64-57(80-61(69)46-34-26-19-27-35-46)54-51(83-65(6,7)84-54)48(78-64)41-75-59(67)44-30-22-17-23-31-44/h16-35,42,47-57,62-64H,8-15,36-41H2,1-7H3/t42?,47?,48-,49+,50+,51-,52?,53?,54?,55-,56-,57?,62+,63-,64-/m0/s1. The average molecular weight is 1170 g/mol. The fraction of sp³-hybridized carbons (Fsp3) is 0.569. The second kappa shape index (κ2) is 32.2. The molecule has 4 aliphatic rings. The van der Waals surface area contributed by atoms with Gasteiger partial charge >= 0.3 is 23.9 Å². The van der Waals surface area contributed by atoms with Gasteiger partial charge in [0.2, 0.25) is 0 Å². The Hall–Kier alpha value is -5.68. The maximum atomic E-state index is 14.7. The highest BCUT2D eigenvalue weighted by Gasteiger charge is 2.61. The lowest BCUT2D eigenvalue weighted by Crippen LogP contribution is -2.68. The summed E-state index contributed by atoms with van der Waals surface area (Å²) >= 11 is 0. The molecule has 6 unspecified atom stereocenters. The molecule has 458 valence electrons. The molecule has 0 N–H and O–H groups in total. The van der Waals surface area contributed by atoms with Crippen LogP contribution in [0.5, 0.6) is 0 Å². The molecule has 19 heteroatoms. The smallest absolute Gasteiger partial charge is 0.338 e. The number of hydrogen-bond acceptors (Lipinski definition) is 19. The van der Waals surface area contributed by atoms with Crippen molar-refractivity contribution in [3.63, 3.8) is 0 Å². The van der Waals surface area contributed by atoms with E-state index in [-0.39, 0.29) is 29.9 Å². The zero-order chi connectivity index (χ0) is 59.4. The molecule has 84 heavy (non-hydrogen) atoms. The van der Waals surface area contributed by atoms with Crippen LogP contribution >= 0.6 is 0 Å². The first-order chi connectivity index (χ1) is 40.8. The fourth-order valence-electron chi connectivity index (χ4n) is 10.4. The van der Waals surface area contributed by atoms with Crippen molar-refractivity contribution in [2.24, 2.45) is 0 Å². The van der Waals surface area contributed by atoms with Crippen LogP contribution in [0.3, 0.4) is 0 Å². The van der Waals surface area contributed by atoms with Gasteiger partial charge in [-0.25, -0.2) is 19.2 Å². The van der Waals surface area contributed by atoms with Crippen molar-refractivity contribution in [2.75, 3.05) is 39.6 Å². The quantitative estimate of drug-likeness (QED) is 0.0270. The number of unbranched alkanes of at least 4 members (excludes halogenated alkanes) is 4. The molecule has 0 aromatic heterocycles. The van der Waals surface area contributed by atoms with Gasteiger partial charge in [0.1, 0.15) is 68.1 Å². The number of esters is 4. The van der Waals surface area contributed by atoms with Crippen LogP contribution in [-0.2, 0) is 71.1 Å².